The molecule has 1 heterocycles. The fourth-order valence-corrected chi connectivity index (χ4v) is 3.21. The van der Waals surface area contributed by atoms with Crippen LogP contribution in [0.4, 0.5) is 0 Å². The third-order valence-electron chi connectivity index (χ3n) is 2.37. The quantitative estimate of drug-likeness (QED) is 0.940. The minimum absolute atomic E-state index is 0.203. The molecule has 0 bridgehead atoms. The van der Waals surface area contributed by atoms with E-state index in [-0.39, 0.29) is 6.04 Å². The summed E-state index contributed by atoms with van der Waals surface area (Å²) in [5, 5.41) is 1.15. The molecule has 0 amide bonds. The molecule has 2 rings (SSSR count). The van der Waals surface area contributed by atoms with E-state index in [1.165, 1.54) is 10.4 Å². The first-order chi connectivity index (χ1) is 8.13. The average Bonchev–Trinajstić information content (AvgIpc) is 2.64. The van der Waals surface area contributed by atoms with E-state index in [4.69, 9.17) is 5.73 Å². The highest BCUT2D eigenvalue weighted by Gasteiger charge is 2.05. The predicted octanol–water partition coefficient (Wildman–Crippen LogP) is 3.39. The van der Waals surface area contributed by atoms with Crippen LogP contribution < -0.4 is 5.73 Å². The van der Waals surface area contributed by atoms with Gasteiger partial charge in [-0.05, 0) is 31.0 Å². The van der Waals surface area contributed by atoms with E-state index in [1.54, 1.807) is 11.3 Å². The molecule has 2 nitrogen and oxygen atoms in total. The Hall–Kier alpha value is -0.710. The zero-order valence-electron chi connectivity index (χ0n) is 9.69. The lowest BCUT2D eigenvalue weighted by Gasteiger charge is -2.00. The molecule has 1 unspecified atom stereocenters. The van der Waals surface area contributed by atoms with Gasteiger partial charge in [-0.25, -0.2) is 4.98 Å². The molecular formula is C13H15BrN2S. The van der Waals surface area contributed by atoms with Crippen molar-refractivity contribution in [1.29, 1.82) is 0 Å². The monoisotopic (exact) mass is 310 g/mol. The fourth-order valence-electron chi connectivity index (χ4n) is 1.66. The maximum Gasteiger partial charge on any atom is 0.0971 e. The highest BCUT2D eigenvalue weighted by atomic mass is 79.9. The summed E-state index contributed by atoms with van der Waals surface area (Å²) in [4.78, 5) is 5.71. The number of benzene rings is 1. The SMILES string of the molecule is CC(N)Cc1cnc(Cc2cccc(Br)c2)s1. The van der Waals surface area contributed by atoms with Gasteiger partial charge >= 0.3 is 0 Å². The van der Waals surface area contributed by atoms with E-state index in [2.05, 4.69) is 39.1 Å². The van der Waals surface area contributed by atoms with Crippen molar-refractivity contribution in [2.45, 2.75) is 25.8 Å². The smallest absolute Gasteiger partial charge is 0.0971 e. The van der Waals surface area contributed by atoms with E-state index >= 15 is 0 Å². The molecule has 0 saturated carbocycles. The van der Waals surface area contributed by atoms with Gasteiger partial charge in [-0.3, -0.25) is 0 Å². The maximum absolute atomic E-state index is 5.78. The zero-order chi connectivity index (χ0) is 12.3. The number of hydrogen-bond acceptors (Lipinski definition) is 3. The summed E-state index contributed by atoms with van der Waals surface area (Å²) in [6, 6.07) is 8.54. The summed E-state index contributed by atoms with van der Waals surface area (Å²) in [7, 11) is 0. The van der Waals surface area contributed by atoms with Gasteiger partial charge in [-0.15, -0.1) is 11.3 Å². The van der Waals surface area contributed by atoms with Gasteiger partial charge in [0, 0.05) is 28.0 Å². The van der Waals surface area contributed by atoms with Crippen molar-refractivity contribution in [2.24, 2.45) is 5.73 Å². The third kappa shape index (κ3) is 3.91. The largest absolute Gasteiger partial charge is 0.328 e. The van der Waals surface area contributed by atoms with Gasteiger partial charge in [0.2, 0.25) is 0 Å². The molecule has 0 aliphatic rings. The highest BCUT2D eigenvalue weighted by molar-refractivity contribution is 9.10. The summed E-state index contributed by atoms with van der Waals surface area (Å²) in [5.41, 5.74) is 7.06. The second kappa shape index (κ2) is 5.76. The number of nitrogens with zero attached hydrogens (tertiary/aromatic N) is 1. The van der Waals surface area contributed by atoms with Crippen LogP contribution >= 0.6 is 27.3 Å². The molecule has 0 fully saturated rings. The van der Waals surface area contributed by atoms with Crippen LogP contribution in [-0.2, 0) is 12.8 Å². The van der Waals surface area contributed by atoms with E-state index in [0.29, 0.717) is 0 Å². The molecule has 1 aromatic carbocycles. The molecule has 0 spiro atoms. The van der Waals surface area contributed by atoms with Gasteiger partial charge in [-0.2, -0.15) is 0 Å². The molecule has 2 aromatic rings. The second-order valence-electron chi connectivity index (χ2n) is 4.21. The first-order valence-electron chi connectivity index (χ1n) is 5.57. The number of nitrogens with two attached hydrogens (primary N) is 1. The van der Waals surface area contributed by atoms with Crippen molar-refractivity contribution in [1.82, 2.24) is 4.98 Å². The molecule has 17 heavy (non-hydrogen) atoms. The standard InChI is InChI=1S/C13H15BrN2S/c1-9(15)5-12-8-16-13(17-12)7-10-3-2-4-11(14)6-10/h2-4,6,8-9H,5,7,15H2,1H3. The van der Waals surface area contributed by atoms with Crippen molar-refractivity contribution < 1.29 is 0 Å². The van der Waals surface area contributed by atoms with Crippen LogP contribution in [0.25, 0.3) is 0 Å². The Morgan fingerprint density at radius 1 is 1.47 bits per heavy atom. The molecule has 0 saturated heterocycles. The van der Waals surface area contributed by atoms with E-state index in [1.807, 2.05) is 19.2 Å². The first kappa shape index (κ1) is 12.7. The third-order valence-corrected chi connectivity index (χ3v) is 3.88. The molecule has 0 aliphatic heterocycles. The minimum Gasteiger partial charge on any atom is -0.328 e. The summed E-state index contributed by atoms with van der Waals surface area (Å²) in [6.45, 7) is 2.02. The number of hydrogen-bond donors (Lipinski definition) is 1. The Morgan fingerprint density at radius 2 is 2.29 bits per heavy atom. The molecule has 2 N–H and O–H groups in total. The molecule has 0 radical (unpaired) electrons. The number of rotatable bonds is 4. The Morgan fingerprint density at radius 3 is 3.00 bits per heavy atom. The fraction of sp³-hybridized carbons (Fsp3) is 0.308. The van der Waals surface area contributed by atoms with Crippen LogP contribution in [0, 0.1) is 0 Å². The average molecular weight is 311 g/mol. The van der Waals surface area contributed by atoms with Gasteiger partial charge in [-0.1, -0.05) is 28.1 Å². The molecule has 1 atom stereocenters. The summed E-state index contributed by atoms with van der Waals surface area (Å²) >= 11 is 5.24. The summed E-state index contributed by atoms with van der Waals surface area (Å²) in [5.74, 6) is 0. The highest BCUT2D eigenvalue weighted by Crippen LogP contribution is 2.19. The van der Waals surface area contributed by atoms with Crippen molar-refractivity contribution in [3.8, 4) is 0 Å². The molecule has 1 aromatic heterocycles. The first-order valence-corrected chi connectivity index (χ1v) is 7.18. The summed E-state index contributed by atoms with van der Waals surface area (Å²) < 4.78 is 1.11. The van der Waals surface area contributed by atoms with Crippen LogP contribution in [0.3, 0.4) is 0 Å². The zero-order valence-corrected chi connectivity index (χ0v) is 12.1. The predicted molar refractivity (Wildman–Crippen MR) is 76.4 cm³/mol. The van der Waals surface area contributed by atoms with Crippen molar-refractivity contribution in [2.75, 3.05) is 0 Å². The maximum atomic E-state index is 5.78. The van der Waals surface area contributed by atoms with E-state index in [9.17, 15) is 0 Å². The minimum atomic E-state index is 0.203. The van der Waals surface area contributed by atoms with Gasteiger partial charge < -0.3 is 5.73 Å². The normalized spacial score (nSPS) is 12.6. The van der Waals surface area contributed by atoms with Crippen LogP contribution in [0.15, 0.2) is 34.9 Å². The molecular weight excluding hydrogens is 296 g/mol. The van der Waals surface area contributed by atoms with Gasteiger partial charge in [0.15, 0.2) is 0 Å². The Bertz CT molecular complexity index is 494. The molecule has 4 heteroatoms. The number of halogens is 1. The number of thiazole rings is 1. The van der Waals surface area contributed by atoms with Crippen molar-refractivity contribution in [3.63, 3.8) is 0 Å². The van der Waals surface area contributed by atoms with Gasteiger partial charge in [0.1, 0.15) is 0 Å². The lowest BCUT2D eigenvalue weighted by atomic mass is 10.2. The second-order valence-corrected chi connectivity index (χ2v) is 6.32. The van der Waals surface area contributed by atoms with Crippen LogP contribution in [-0.4, -0.2) is 11.0 Å². The van der Waals surface area contributed by atoms with Gasteiger partial charge in [0.25, 0.3) is 0 Å². The Balaban J connectivity index is 2.06. The Labute approximate surface area is 114 Å². The van der Waals surface area contributed by atoms with Crippen LogP contribution in [0.1, 0.15) is 22.4 Å². The van der Waals surface area contributed by atoms with Gasteiger partial charge in [0.05, 0.1) is 5.01 Å². The summed E-state index contributed by atoms with van der Waals surface area (Å²) in [6.07, 6.45) is 3.75. The van der Waals surface area contributed by atoms with E-state index in [0.717, 1.165) is 22.3 Å². The topological polar surface area (TPSA) is 38.9 Å². The lowest BCUT2D eigenvalue weighted by molar-refractivity contribution is 0.745. The lowest BCUT2D eigenvalue weighted by Crippen LogP contribution is -2.16. The number of aromatic nitrogens is 1. The van der Waals surface area contributed by atoms with Crippen LogP contribution in [0.2, 0.25) is 0 Å². The Kier molecular flexibility index (Phi) is 4.31. The van der Waals surface area contributed by atoms with Crippen molar-refractivity contribution >= 4 is 27.3 Å². The molecule has 90 valence electrons. The molecule has 0 aliphatic carbocycles. The van der Waals surface area contributed by atoms with Crippen molar-refractivity contribution in [3.05, 3.63) is 50.4 Å². The van der Waals surface area contributed by atoms with Crippen LogP contribution in [0.5, 0.6) is 0 Å². The van der Waals surface area contributed by atoms with E-state index < -0.39 is 0 Å².